The third kappa shape index (κ3) is 9.32. The molecule has 3 amide bonds. The fourth-order valence-electron chi connectivity index (χ4n) is 1.24. The normalized spacial score (nSPS) is 11.5. The zero-order valence-electron chi connectivity index (χ0n) is 11.2. The molecule has 0 spiro atoms. The van der Waals surface area contributed by atoms with Crippen molar-refractivity contribution in [2.45, 2.75) is 19.4 Å². The number of hydrogen-bond donors (Lipinski definition) is 4. The highest BCUT2D eigenvalue weighted by atomic mass is 32.1. The van der Waals surface area contributed by atoms with Crippen molar-refractivity contribution in [2.24, 2.45) is 0 Å². The molecule has 0 aromatic rings. The van der Waals surface area contributed by atoms with Gasteiger partial charge < -0.3 is 20.7 Å². The van der Waals surface area contributed by atoms with Crippen molar-refractivity contribution in [1.29, 1.82) is 0 Å². The largest absolute Gasteiger partial charge is 0.383 e. The van der Waals surface area contributed by atoms with Gasteiger partial charge in [-0.2, -0.15) is 12.6 Å². The minimum atomic E-state index is -0.683. The van der Waals surface area contributed by atoms with Crippen LogP contribution in [0.15, 0.2) is 0 Å². The molecule has 7 nitrogen and oxygen atoms in total. The summed E-state index contributed by atoms with van der Waals surface area (Å²) < 4.78 is 4.78. The fraction of sp³-hybridized carbons (Fsp3) is 0.727. The first-order valence-corrected chi connectivity index (χ1v) is 6.55. The van der Waals surface area contributed by atoms with Crippen molar-refractivity contribution in [3.05, 3.63) is 0 Å². The van der Waals surface area contributed by atoms with Gasteiger partial charge in [-0.05, 0) is 0 Å². The van der Waals surface area contributed by atoms with Gasteiger partial charge in [-0.25, -0.2) is 0 Å². The molecule has 0 fully saturated rings. The van der Waals surface area contributed by atoms with Gasteiger partial charge in [0.15, 0.2) is 0 Å². The van der Waals surface area contributed by atoms with Crippen molar-refractivity contribution in [3.8, 4) is 0 Å². The number of carbonyl (C=O) groups is 3. The van der Waals surface area contributed by atoms with Gasteiger partial charge in [0.1, 0.15) is 6.04 Å². The third-order valence-electron chi connectivity index (χ3n) is 2.16. The second kappa shape index (κ2) is 10.6. The van der Waals surface area contributed by atoms with Gasteiger partial charge in [0.05, 0.1) is 6.61 Å². The highest BCUT2D eigenvalue weighted by molar-refractivity contribution is 7.80. The lowest BCUT2D eigenvalue weighted by Crippen LogP contribution is -2.47. The number of nitrogens with one attached hydrogen (secondary N) is 3. The SMILES string of the molecule is COCCNC(=O)CCNC(=O)C(CS)NC(C)=O. The van der Waals surface area contributed by atoms with Crippen LogP contribution in [0.2, 0.25) is 0 Å². The summed E-state index contributed by atoms with van der Waals surface area (Å²) in [5, 5.41) is 7.66. The maximum atomic E-state index is 11.6. The standard InChI is InChI=1S/C11H21N3O4S/c1-8(15)14-9(7-19)11(17)13-4-3-10(16)12-5-6-18-2/h9,19H,3-7H2,1-2H3,(H,12,16)(H,13,17)(H,14,15). The summed E-state index contributed by atoms with van der Waals surface area (Å²) >= 11 is 3.98. The van der Waals surface area contributed by atoms with Crippen LogP contribution >= 0.6 is 12.6 Å². The summed E-state index contributed by atoms with van der Waals surface area (Å²) in [6.45, 7) is 2.42. The summed E-state index contributed by atoms with van der Waals surface area (Å²) in [5.41, 5.74) is 0. The Morgan fingerprint density at radius 2 is 1.89 bits per heavy atom. The average molecular weight is 291 g/mol. The van der Waals surface area contributed by atoms with Gasteiger partial charge in [0.2, 0.25) is 17.7 Å². The molecule has 0 saturated heterocycles. The minimum Gasteiger partial charge on any atom is -0.383 e. The Balaban J connectivity index is 3.82. The molecule has 19 heavy (non-hydrogen) atoms. The highest BCUT2D eigenvalue weighted by Gasteiger charge is 2.17. The smallest absolute Gasteiger partial charge is 0.243 e. The molecule has 0 saturated carbocycles. The zero-order valence-corrected chi connectivity index (χ0v) is 12.1. The van der Waals surface area contributed by atoms with Crippen LogP contribution in [0.3, 0.4) is 0 Å². The van der Waals surface area contributed by atoms with E-state index in [0.29, 0.717) is 13.2 Å². The van der Waals surface area contributed by atoms with Crippen molar-refractivity contribution >= 4 is 30.4 Å². The molecule has 1 unspecified atom stereocenters. The minimum absolute atomic E-state index is 0.167. The van der Waals surface area contributed by atoms with Crippen LogP contribution in [0, 0.1) is 0 Å². The first-order chi connectivity index (χ1) is 9.01. The summed E-state index contributed by atoms with van der Waals surface area (Å²) in [6.07, 6.45) is 0.175. The number of ether oxygens (including phenoxy) is 1. The Hall–Kier alpha value is -1.28. The molecule has 0 bridgehead atoms. The maximum absolute atomic E-state index is 11.6. The number of hydrogen-bond acceptors (Lipinski definition) is 5. The van der Waals surface area contributed by atoms with E-state index in [1.54, 1.807) is 7.11 Å². The molecule has 8 heteroatoms. The van der Waals surface area contributed by atoms with E-state index >= 15 is 0 Å². The van der Waals surface area contributed by atoms with Gasteiger partial charge in [-0.3, -0.25) is 14.4 Å². The summed E-state index contributed by atoms with van der Waals surface area (Å²) in [4.78, 5) is 33.8. The Kier molecular flexibility index (Phi) is 9.91. The lowest BCUT2D eigenvalue weighted by atomic mass is 10.3. The quantitative estimate of drug-likeness (QED) is 0.313. The van der Waals surface area contributed by atoms with Gasteiger partial charge in [0.25, 0.3) is 0 Å². The highest BCUT2D eigenvalue weighted by Crippen LogP contribution is 1.89. The molecule has 0 aliphatic rings. The number of amides is 3. The number of carbonyl (C=O) groups excluding carboxylic acids is 3. The molecule has 0 aromatic heterocycles. The van der Waals surface area contributed by atoms with Crippen LogP contribution in [0.5, 0.6) is 0 Å². The van der Waals surface area contributed by atoms with Crippen LogP contribution in [0.25, 0.3) is 0 Å². The zero-order chi connectivity index (χ0) is 14.7. The van der Waals surface area contributed by atoms with Crippen LogP contribution in [-0.4, -0.2) is 56.3 Å². The first-order valence-electron chi connectivity index (χ1n) is 5.92. The van der Waals surface area contributed by atoms with E-state index in [1.165, 1.54) is 6.92 Å². The van der Waals surface area contributed by atoms with Crippen LogP contribution in [0.4, 0.5) is 0 Å². The predicted molar refractivity (Wildman–Crippen MR) is 74.0 cm³/mol. The molecule has 0 radical (unpaired) electrons. The first kappa shape index (κ1) is 17.7. The Morgan fingerprint density at radius 3 is 2.42 bits per heavy atom. The van der Waals surface area contributed by atoms with E-state index < -0.39 is 6.04 Å². The third-order valence-corrected chi connectivity index (χ3v) is 2.52. The fourth-order valence-corrected chi connectivity index (χ4v) is 1.50. The van der Waals surface area contributed by atoms with E-state index in [1.807, 2.05) is 0 Å². The molecule has 0 aliphatic carbocycles. The predicted octanol–water partition coefficient (Wildman–Crippen LogP) is -1.31. The second-order valence-electron chi connectivity index (χ2n) is 3.82. The van der Waals surface area contributed by atoms with E-state index in [-0.39, 0.29) is 36.4 Å². The Morgan fingerprint density at radius 1 is 1.21 bits per heavy atom. The van der Waals surface area contributed by atoms with Gasteiger partial charge >= 0.3 is 0 Å². The van der Waals surface area contributed by atoms with E-state index in [4.69, 9.17) is 4.74 Å². The van der Waals surface area contributed by atoms with Crippen molar-refractivity contribution in [3.63, 3.8) is 0 Å². The van der Waals surface area contributed by atoms with Crippen molar-refractivity contribution in [1.82, 2.24) is 16.0 Å². The Labute approximate surface area is 118 Å². The molecule has 0 aromatic carbocycles. The van der Waals surface area contributed by atoms with E-state index in [2.05, 4.69) is 28.6 Å². The molecule has 110 valence electrons. The Bertz CT molecular complexity index is 312. The average Bonchev–Trinajstić information content (AvgIpc) is 2.35. The monoisotopic (exact) mass is 291 g/mol. The molecule has 0 heterocycles. The van der Waals surface area contributed by atoms with Crippen LogP contribution in [-0.2, 0) is 19.1 Å². The molecular weight excluding hydrogens is 270 g/mol. The number of thiol groups is 1. The lowest BCUT2D eigenvalue weighted by Gasteiger charge is -2.15. The number of rotatable bonds is 9. The molecule has 3 N–H and O–H groups in total. The van der Waals surface area contributed by atoms with Crippen molar-refractivity contribution in [2.75, 3.05) is 32.6 Å². The van der Waals surface area contributed by atoms with Gasteiger partial charge in [-0.15, -0.1) is 0 Å². The molecular formula is C11H21N3O4S. The van der Waals surface area contributed by atoms with E-state index in [9.17, 15) is 14.4 Å². The summed E-state index contributed by atoms with van der Waals surface area (Å²) in [7, 11) is 1.55. The van der Waals surface area contributed by atoms with Crippen LogP contribution in [0.1, 0.15) is 13.3 Å². The van der Waals surface area contributed by atoms with Crippen molar-refractivity contribution < 1.29 is 19.1 Å². The second-order valence-corrected chi connectivity index (χ2v) is 4.18. The number of methoxy groups -OCH3 is 1. The maximum Gasteiger partial charge on any atom is 0.243 e. The lowest BCUT2D eigenvalue weighted by molar-refractivity contribution is -0.127. The summed E-state index contributed by atoms with van der Waals surface area (Å²) in [6, 6.07) is -0.683. The van der Waals surface area contributed by atoms with Crippen LogP contribution < -0.4 is 16.0 Å². The van der Waals surface area contributed by atoms with Gasteiger partial charge in [0, 0.05) is 39.3 Å². The van der Waals surface area contributed by atoms with E-state index in [0.717, 1.165) is 0 Å². The summed E-state index contributed by atoms with van der Waals surface area (Å²) in [5.74, 6) is -0.619. The molecule has 0 rings (SSSR count). The van der Waals surface area contributed by atoms with Gasteiger partial charge in [-0.1, -0.05) is 0 Å². The molecule has 0 aliphatic heterocycles. The topological polar surface area (TPSA) is 96.5 Å². The molecule has 1 atom stereocenters.